The third kappa shape index (κ3) is 2.60. The van der Waals surface area contributed by atoms with Crippen LogP contribution in [-0.4, -0.2) is 33.7 Å². The summed E-state index contributed by atoms with van der Waals surface area (Å²) in [5.41, 5.74) is 1.000. The van der Waals surface area contributed by atoms with Gasteiger partial charge in [0.15, 0.2) is 0 Å². The number of hydrogen-bond donors (Lipinski definition) is 2. The van der Waals surface area contributed by atoms with Gasteiger partial charge in [-0.15, -0.1) is 0 Å². The predicted octanol–water partition coefficient (Wildman–Crippen LogP) is 4.37. The molecular formula is C19H25ClN2O2. The first kappa shape index (κ1) is 16.2. The molecule has 0 spiro atoms. The van der Waals surface area contributed by atoms with Gasteiger partial charge >= 0.3 is 6.03 Å². The number of anilines is 1. The molecule has 130 valence electrons. The molecule has 2 unspecified atom stereocenters. The number of halogens is 1. The Hall–Kier alpha value is -1.26. The van der Waals surface area contributed by atoms with Crippen molar-refractivity contribution in [1.29, 1.82) is 0 Å². The van der Waals surface area contributed by atoms with Crippen molar-refractivity contribution in [2.75, 3.05) is 5.32 Å². The number of carbonyl (C=O) groups excluding carboxylic acids is 1. The molecule has 5 heteroatoms. The fourth-order valence-electron chi connectivity index (χ4n) is 4.75. The molecule has 24 heavy (non-hydrogen) atoms. The van der Waals surface area contributed by atoms with Crippen LogP contribution < -0.4 is 5.32 Å². The minimum Gasteiger partial charge on any atom is -0.390 e. The van der Waals surface area contributed by atoms with Gasteiger partial charge in [-0.05, 0) is 68.7 Å². The maximum Gasteiger partial charge on any atom is 0.322 e. The van der Waals surface area contributed by atoms with Crippen LogP contribution in [0.25, 0.3) is 0 Å². The molecule has 2 aliphatic carbocycles. The highest BCUT2D eigenvalue weighted by Gasteiger charge is 2.47. The van der Waals surface area contributed by atoms with Crippen molar-refractivity contribution >= 4 is 23.3 Å². The summed E-state index contributed by atoms with van der Waals surface area (Å²) in [6, 6.07) is 6.39. The highest BCUT2D eigenvalue weighted by molar-refractivity contribution is 6.31. The van der Waals surface area contributed by atoms with Crippen LogP contribution in [0.2, 0.25) is 5.02 Å². The Morgan fingerprint density at radius 3 is 2.62 bits per heavy atom. The zero-order valence-corrected chi connectivity index (χ0v) is 15.0. The Bertz CT molecular complexity index is 663. The maximum atomic E-state index is 12.6. The van der Waals surface area contributed by atoms with Crippen molar-refractivity contribution in [2.45, 2.75) is 69.6 Å². The lowest BCUT2D eigenvalue weighted by Gasteiger charge is -2.54. The van der Waals surface area contributed by atoms with E-state index in [0.29, 0.717) is 17.1 Å². The van der Waals surface area contributed by atoms with Crippen LogP contribution in [0.3, 0.4) is 0 Å². The Balaban J connectivity index is 1.48. The number of carbonyl (C=O) groups is 1. The van der Waals surface area contributed by atoms with Crippen LogP contribution in [-0.2, 0) is 0 Å². The quantitative estimate of drug-likeness (QED) is 0.833. The number of benzene rings is 1. The van der Waals surface area contributed by atoms with Crippen LogP contribution in [0.4, 0.5) is 10.5 Å². The number of piperidine rings is 1. The number of amides is 2. The number of rotatable bonds is 2. The first-order valence-electron chi connectivity index (χ1n) is 8.96. The van der Waals surface area contributed by atoms with Crippen LogP contribution in [0.1, 0.15) is 57.4 Å². The molecule has 2 saturated carbocycles. The molecule has 2 bridgehead atoms. The third-order valence-corrected chi connectivity index (χ3v) is 6.57. The summed E-state index contributed by atoms with van der Waals surface area (Å²) < 4.78 is 0. The lowest BCUT2D eigenvalue weighted by Crippen LogP contribution is -2.63. The van der Waals surface area contributed by atoms with Crippen molar-refractivity contribution in [3.05, 3.63) is 28.8 Å². The van der Waals surface area contributed by atoms with E-state index in [2.05, 4.69) is 12.2 Å². The molecule has 0 aromatic heterocycles. The van der Waals surface area contributed by atoms with E-state index in [1.165, 1.54) is 0 Å². The standard InChI is InChI=1S/C19H25ClN2O2/c1-11-7-13-10-14(8-11)22(13)18(23)21-12-3-4-17(20)15(9-12)16-5-6-19(16,2)24/h3-4,9,11,13-14,16,24H,5-8,10H2,1-2H3,(H,21,23)/t11?,13?,14?,16-,19-/m0/s1. The van der Waals surface area contributed by atoms with Gasteiger partial charge in [-0.1, -0.05) is 18.5 Å². The van der Waals surface area contributed by atoms with Crippen LogP contribution in [0.15, 0.2) is 18.2 Å². The molecule has 5 rings (SSSR count). The van der Waals surface area contributed by atoms with Crippen LogP contribution >= 0.6 is 11.6 Å². The molecule has 2 heterocycles. The molecule has 4 nitrogen and oxygen atoms in total. The van der Waals surface area contributed by atoms with Crippen LogP contribution in [0.5, 0.6) is 0 Å². The van der Waals surface area contributed by atoms with Gasteiger partial charge < -0.3 is 15.3 Å². The molecule has 1 aromatic rings. The monoisotopic (exact) mass is 348 g/mol. The zero-order chi connectivity index (χ0) is 17.1. The van der Waals surface area contributed by atoms with Crippen molar-refractivity contribution < 1.29 is 9.90 Å². The molecule has 2 amide bonds. The van der Waals surface area contributed by atoms with E-state index >= 15 is 0 Å². The van der Waals surface area contributed by atoms with Gasteiger partial charge in [0.1, 0.15) is 0 Å². The summed E-state index contributed by atoms with van der Waals surface area (Å²) in [6.07, 6.45) is 5.09. The van der Waals surface area contributed by atoms with Gasteiger partial charge in [0.05, 0.1) is 5.60 Å². The summed E-state index contributed by atoms with van der Waals surface area (Å²) in [5.74, 6) is 0.770. The van der Waals surface area contributed by atoms with Crippen LogP contribution in [0, 0.1) is 5.92 Å². The SMILES string of the molecule is CC1CC2CC(C1)N2C(=O)Nc1ccc(Cl)c([C@@H]2CC[C@]2(C)O)c1. The second kappa shape index (κ2) is 5.63. The Morgan fingerprint density at radius 1 is 1.33 bits per heavy atom. The number of nitrogens with zero attached hydrogens (tertiary/aromatic N) is 1. The van der Waals surface area contributed by atoms with Crippen molar-refractivity contribution in [1.82, 2.24) is 4.90 Å². The highest BCUT2D eigenvalue weighted by atomic mass is 35.5. The smallest absolute Gasteiger partial charge is 0.322 e. The Kier molecular flexibility index (Phi) is 3.81. The van der Waals surface area contributed by atoms with Gasteiger partial charge in [0, 0.05) is 28.7 Å². The van der Waals surface area contributed by atoms with E-state index in [4.69, 9.17) is 11.6 Å². The lowest BCUT2D eigenvalue weighted by molar-refractivity contribution is -0.0405. The molecule has 2 saturated heterocycles. The Labute approximate surface area is 148 Å². The number of urea groups is 1. The fourth-order valence-corrected chi connectivity index (χ4v) is 5.00. The van der Waals surface area contributed by atoms with Crippen molar-refractivity contribution in [2.24, 2.45) is 5.92 Å². The second-order valence-electron chi connectivity index (χ2n) is 8.14. The van der Waals surface area contributed by atoms with Gasteiger partial charge in [0.25, 0.3) is 0 Å². The minimum atomic E-state index is -0.698. The molecule has 2 aliphatic heterocycles. The first-order chi connectivity index (χ1) is 11.3. The summed E-state index contributed by atoms with van der Waals surface area (Å²) in [4.78, 5) is 14.6. The zero-order valence-electron chi connectivity index (χ0n) is 14.3. The number of nitrogens with one attached hydrogen (secondary N) is 1. The minimum absolute atomic E-state index is 0.00297. The largest absolute Gasteiger partial charge is 0.390 e. The van der Waals surface area contributed by atoms with Gasteiger partial charge in [0.2, 0.25) is 0 Å². The first-order valence-corrected chi connectivity index (χ1v) is 9.34. The number of hydrogen-bond acceptors (Lipinski definition) is 2. The maximum absolute atomic E-state index is 12.6. The summed E-state index contributed by atoms with van der Waals surface area (Å²) >= 11 is 6.33. The predicted molar refractivity (Wildman–Crippen MR) is 95.5 cm³/mol. The summed E-state index contributed by atoms with van der Waals surface area (Å²) in [6.45, 7) is 4.12. The van der Waals surface area contributed by atoms with E-state index in [1.54, 1.807) is 0 Å². The van der Waals surface area contributed by atoms with Crippen molar-refractivity contribution in [3.8, 4) is 0 Å². The Morgan fingerprint density at radius 2 is 2.04 bits per heavy atom. The topological polar surface area (TPSA) is 52.6 Å². The second-order valence-corrected chi connectivity index (χ2v) is 8.55. The average molecular weight is 349 g/mol. The molecule has 4 atom stereocenters. The molecule has 0 radical (unpaired) electrons. The fraction of sp³-hybridized carbons (Fsp3) is 0.632. The van der Waals surface area contributed by atoms with Gasteiger partial charge in [-0.3, -0.25) is 0 Å². The van der Waals surface area contributed by atoms with Gasteiger partial charge in [-0.2, -0.15) is 0 Å². The number of aliphatic hydroxyl groups is 1. The molecule has 4 aliphatic rings. The van der Waals surface area contributed by atoms with E-state index in [-0.39, 0.29) is 11.9 Å². The summed E-state index contributed by atoms with van der Waals surface area (Å²) in [7, 11) is 0. The molecule has 1 aromatic carbocycles. The molecular weight excluding hydrogens is 324 g/mol. The van der Waals surface area contributed by atoms with E-state index in [0.717, 1.165) is 49.3 Å². The number of fused-ring (bicyclic) bond motifs is 2. The normalized spacial score (nSPS) is 37.4. The van der Waals surface area contributed by atoms with E-state index < -0.39 is 5.60 Å². The third-order valence-electron chi connectivity index (χ3n) is 6.23. The van der Waals surface area contributed by atoms with Gasteiger partial charge in [-0.25, -0.2) is 4.79 Å². The van der Waals surface area contributed by atoms with E-state index in [1.807, 2.05) is 30.0 Å². The highest BCUT2D eigenvalue weighted by Crippen LogP contribution is 2.48. The lowest BCUT2D eigenvalue weighted by atomic mass is 9.67. The summed E-state index contributed by atoms with van der Waals surface area (Å²) in [5, 5.41) is 14.0. The molecule has 4 fully saturated rings. The van der Waals surface area contributed by atoms with E-state index in [9.17, 15) is 9.90 Å². The molecule has 2 N–H and O–H groups in total. The van der Waals surface area contributed by atoms with Crippen molar-refractivity contribution in [3.63, 3.8) is 0 Å². The average Bonchev–Trinajstić information content (AvgIpc) is 2.49.